The Kier molecular flexibility index (Phi) is 13.1. The number of H-pyrrole nitrogens is 2. The van der Waals surface area contributed by atoms with Gasteiger partial charge >= 0.3 is 23.9 Å². The van der Waals surface area contributed by atoms with E-state index in [0.29, 0.717) is 33.6 Å². The molecule has 0 saturated heterocycles. The van der Waals surface area contributed by atoms with Crippen LogP contribution in [-0.4, -0.2) is 60.3 Å². The van der Waals surface area contributed by atoms with Crippen molar-refractivity contribution < 1.29 is 38.1 Å². The van der Waals surface area contributed by atoms with Gasteiger partial charge in [-0.1, -0.05) is 0 Å². The van der Waals surface area contributed by atoms with Crippen LogP contribution in [0.15, 0.2) is 0 Å². The number of hydrogen-bond donors (Lipinski definition) is 2. The smallest absolute Gasteiger partial charge is 0.310 e. The number of nitrogens with one attached hydrogen (secondary N) is 2. The molecule has 0 spiro atoms. The van der Waals surface area contributed by atoms with E-state index in [9.17, 15) is 29.7 Å². The molecule has 12 heteroatoms. The van der Waals surface area contributed by atoms with Crippen LogP contribution in [0, 0.1) is 22.7 Å². The summed E-state index contributed by atoms with van der Waals surface area (Å²) in [6, 6.07) is 4.15. The van der Waals surface area contributed by atoms with Gasteiger partial charge in [0.25, 0.3) is 0 Å². The molecule has 2 aromatic heterocycles. The van der Waals surface area contributed by atoms with Gasteiger partial charge < -0.3 is 28.9 Å². The standard InChI is InChI=1S/C29H36N4O8/c1-5-38-26(34)11-9-18-20(13-28(36)40-7-3)24(16-30)32-22(18)15-23-19(10-12-27(35)39-6-2)21(25(17-31)33-23)14-29(37)41-8-4/h32-33H,5-15H2,1-4H3. The fourth-order valence-corrected chi connectivity index (χ4v) is 4.57. The molecule has 0 amide bonds. The van der Waals surface area contributed by atoms with Crippen molar-refractivity contribution in [1.82, 2.24) is 9.97 Å². The maximum atomic E-state index is 12.4. The van der Waals surface area contributed by atoms with E-state index < -0.39 is 23.9 Å². The normalized spacial score (nSPS) is 10.4. The lowest BCUT2D eigenvalue weighted by molar-refractivity contribution is -0.144. The Morgan fingerprint density at radius 3 is 1.24 bits per heavy atom. The van der Waals surface area contributed by atoms with E-state index in [1.165, 1.54) is 0 Å². The molecule has 2 heterocycles. The third kappa shape index (κ3) is 9.24. The highest BCUT2D eigenvalue weighted by atomic mass is 16.5. The van der Waals surface area contributed by atoms with Gasteiger partial charge in [-0.05, 0) is 51.7 Å². The number of ether oxygens (including phenoxy) is 4. The quantitative estimate of drug-likeness (QED) is 0.225. The molecule has 2 aromatic rings. The van der Waals surface area contributed by atoms with Crippen LogP contribution in [0.25, 0.3) is 0 Å². The monoisotopic (exact) mass is 568 g/mol. The lowest BCUT2D eigenvalue weighted by Gasteiger charge is -2.10. The molecule has 2 rings (SSSR count). The molecular weight excluding hydrogens is 532 g/mol. The molecule has 0 aliphatic heterocycles. The first-order chi connectivity index (χ1) is 19.7. The zero-order valence-corrected chi connectivity index (χ0v) is 23.9. The van der Waals surface area contributed by atoms with Crippen LogP contribution in [0.2, 0.25) is 0 Å². The van der Waals surface area contributed by atoms with E-state index in [1.54, 1.807) is 27.7 Å². The van der Waals surface area contributed by atoms with Gasteiger partial charge in [-0.25, -0.2) is 0 Å². The number of nitriles is 2. The van der Waals surface area contributed by atoms with Crippen molar-refractivity contribution in [2.45, 2.75) is 72.6 Å². The molecule has 12 nitrogen and oxygen atoms in total. The van der Waals surface area contributed by atoms with E-state index in [2.05, 4.69) is 22.1 Å². The third-order valence-electron chi connectivity index (χ3n) is 6.21. The second-order valence-electron chi connectivity index (χ2n) is 8.85. The summed E-state index contributed by atoms with van der Waals surface area (Å²) < 4.78 is 20.3. The van der Waals surface area contributed by atoms with Gasteiger partial charge in [-0.2, -0.15) is 10.5 Å². The molecule has 0 atom stereocenters. The zero-order valence-electron chi connectivity index (χ0n) is 23.9. The van der Waals surface area contributed by atoms with Gasteiger partial charge in [0.15, 0.2) is 0 Å². The van der Waals surface area contributed by atoms with Crippen LogP contribution >= 0.6 is 0 Å². The maximum Gasteiger partial charge on any atom is 0.310 e. The molecule has 0 bridgehead atoms. The minimum atomic E-state index is -0.523. The number of aromatic nitrogens is 2. The van der Waals surface area contributed by atoms with Crippen LogP contribution in [0.1, 0.15) is 85.6 Å². The second kappa shape index (κ2) is 16.5. The first kappa shape index (κ1) is 32.6. The molecule has 0 fully saturated rings. The molecule has 0 radical (unpaired) electrons. The van der Waals surface area contributed by atoms with Gasteiger partial charge in [0.2, 0.25) is 0 Å². The summed E-state index contributed by atoms with van der Waals surface area (Å²) in [5.41, 5.74) is 3.37. The van der Waals surface area contributed by atoms with Gasteiger partial charge in [-0.15, -0.1) is 0 Å². The van der Waals surface area contributed by atoms with Gasteiger partial charge in [0, 0.05) is 41.8 Å². The average molecular weight is 569 g/mol. The van der Waals surface area contributed by atoms with E-state index in [1.807, 2.05) is 0 Å². The molecule has 2 N–H and O–H groups in total. The van der Waals surface area contributed by atoms with Crippen LogP contribution in [0.4, 0.5) is 0 Å². The van der Waals surface area contributed by atoms with E-state index in [4.69, 9.17) is 18.9 Å². The molecule has 0 unspecified atom stereocenters. The van der Waals surface area contributed by atoms with Crippen LogP contribution < -0.4 is 0 Å². The molecule has 0 aliphatic rings. The Bertz CT molecular complexity index is 1230. The molecule has 0 aromatic carbocycles. The number of carbonyl (C=O) groups excluding carboxylic acids is 4. The Hall–Kier alpha value is -4.58. The van der Waals surface area contributed by atoms with Crippen molar-refractivity contribution >= 4 is 23.9 Å². The van der Waals surface area contributed by atoms with Crippen molar-refractivity contribution in [2.24, 2.45) is 0 Å². The first-order valence-corrected chi connectivity index (χ1v) is 13.6. The van der Waals surface area contributed by atoms with Crippen LogP contribution in [0.5, 0.6) is 0 Å². The minimum Gasteiger partial charge on any atom is -0.466 e. The molecule has 220 valence electrons. The fourth-order valence-electron chi connectivity index (χ4n) is 4.57. The number of carbonyl (C=O) groups is 4. The largest absolute Gasteiger partial charge is 0.466 e. The number of esters is 4. The lowest BCUT2D eigenvalue weighted by Crippen LogP contribution is -2.12. The highest BCUT2D eigenvalue weighted by molar-refractivity contribution is 5.76. The summed E-state index contributed by atoms with van der Waals surface area (Å²) in [4.78, 5) is 55.2. The Morgan fingerprint density at radius 1 is 0.585 bits per heavy atom. The molecule has 0 aliphatic carbocycles. The van der Waals surface area contributed by atoms with Crippen molar-refractivity contribution in [3.63, 3.8) is 0 Å². The SMILES string of the molecule is CCOC(=O)CCc1c(Cc2[nH]c(C#N)c(CC(=O)OCC)c2CCC(=O)OCC)[nH]c(C#N)c1CC(=O)OCC. The maximum absolute atomic E-state index is 12.4. The fraction of sp³-hybridized carbons (Fsp3) is 0.517. The second-order valence-corrected chi connectivity index (χ2v) is 8.85. The summed E-state index contributed by atoms with van der Waals surface area (Å²) in [6.45, 7) is 7.51. The molecular formula is C29H36N4O8. The van der Waals surface area contributed by atoms with Crippen molar-refractivity contribution in [1.29, 1.82) is 10.5 Å². The average Bonchev–Trinajstić information content (AvgIpc) is 3.43. The summed E-state index contributed by atoms with van der Waals surface area (Å²) >= 11 is 0. The summed E-state index contributed by atoms with van der Waals surface area (Å²) in [7, 11) is 0. The number of hydrogen-bond acceptors (Lipinski definition) is 10. The minimum absolute atomic E-state index is 0.0113. The summed E-state index contributed by atoms with van der Waals surface area (Å²) in [6.07, 6.45) is 0.161. The van der Waals surface area contributed by atoms with E-state index in [0.717, 1.165) is 0 Å². The van der Waals surface area contributed by atoms with Crippen LogP contribution in [0.3, 0.4) is 0 Å². The molecule has 0 saturated carbocycles. The highest BCUT2D eigenvalue weighted by Gasteiger charge is 2.26. The van der Waals surface area contributed by atoms with E-state index >= 15 is 0 Å². The summed E-state index contributed by atoms with van der Waals surface area (Å²) in [5.74, 6) is -1.91. The lowest BCUT2D eigenvalue weighted by atomic mass is 9.96. The zero-order chi connectivity index (χ0) is 30.4. The Labute approximate surface area is 238 Å². The molecule has 41 heavy (non-hydrogen) atoms. The van der Waals surface area contributed by atoms with Gasteiger partial charge in [0.1, 0.15) is 23.5 Å². The van der Waals surface area contributed by atoms with Gasteiger partial charge in [0.05, 0.1) is 39.3 Å². The van der Waals surface area contributed by atoms with Crippen LogP contribution in [-0.2, 0) is 70.2 Å². The predicted octanol–water partition coefficient (Wildman–Crippen LogP) is 2.88. The topological polar surface area (TPSA) is 184 Å². The van der Waals surface area contributed by atoms with Crippen molar-refractivity contribution in [3.8, 4) is 12.1 Å². The number of aromatic amines is 2. The Balaban J connectivity index is 2.61. The predicted molar refractivity (Wildman–Crippen MR) is 144 cm³/mol. The number of nitrogens with zero attached hydrogens (tertiary/aromatic N) is 2. The first-order valence-electron chi connectivity index (χ1n) is 13.6. The third-order valence-corrected chi connectivity index (χ3v) is 6.21. The van der Waals surface area contributed by atoms with Crippen molar-refractivity contribution in [2.75, 3.05) is 26.4 Å². The highest BCUT2D eigenvalue weighted by Crippen LogP contribution is 2.29. The number of rotatable bonds is 16. The summed E-state index contributed by atoms with van der Waals surface area (Å²) in [5, 5.41) is 19.7. The van der Waals surface area contributed by atoms with Gasteiger partial charge in [-0.3, -0.25) is 19.2 Å². The van der Waals surface area contributed by atoms with Crippen molar-refractivity contribution in [3.05, 3.63) is 45.0 Å². The van der Waals surface area contributed by atoms with E-state index in [-0.39, 0.29) is 82.8 Å². The Morgan fingerprint density at radius 2 is 0.927 bits per heavy atom.